The molecule has 2 saturated heterocycles. The first-order valence-electron chi connectivity index (χ1n) is 9.16. The van der Waals surface area contributed by atoms with E-state index in [1.165, 1.54) is 12.1 Å². The molecule has 1 aromatic carbocycles. The highest BCUT2D eigenvalue weighted by atomic mass is 19.2. The van der Waals surface area contributed by atoms with Crippen molar-refractivity contribution in [2.24, 2.45) is 10.8 Å². The Bertz CT molecular complexity index is 729. The van der Waals surface area contributed by atoms with Gasteiger partial charge in [0.25, 0.3) is 0 Å². The molecule has 1 atom stereocenters. The van der Waals surface area contributed by atoms with Crippen molar-refractivity contribution in [2.45, 2.75) is 46.6 Å². The van der Waals surface area contributed by atoms with Crippen molar-refractivity contribution >= 4 is 11.8 Å². The summed E-state index contributed by atoms with van der Waals surface area (Å²) in [5, 5.41) is 0. The molecular formula is C20H26F2N2O2. The van der Waals surface area contributed by atoms with E-state index in [-0.39, 0.29) is 23.9 Å². The van der Waals surface area contributed by atoms with Crippen molar-refractivity contribution in [3.63, 3.8) is 0 Å². The topological polar surface area (TPSA) is 40.6 Å². The monoisotopic (exact) mass is 364 g/mol. The zero-order chi connectivity index (χ0) is 19.1. The summed E-state index contributed by atoms with van der Waals surface area (Å²) in [6, 6.07) is 4.04. The maximum atomic E-state index is 14.0. The average Bonchev–Trinajstić information content (AvgIpc) is 2.99. The Kier molecular flexibility index (Phi) is 4.80. The molecule has 0 N–H and O–H groups in total. The lowest BCUT2D eigenvalue weighted by atomic mass is 9.78. The normalized spacial score (nSPS) is 23.8. The molecule has 2 aliphatic rings. The molecule has 0 radical (unpaired) electrons. The van der Waals surface area contributed by atoms with Crippen LogP contribution >= 0.6 is 0 Å². The van der Waals surface area contributed by atoms with E-state index < -0.39 is 22.5 Å². The number of nitrogens with zero attached hydrogens (tertiary/aromatic N) is 2. The third-order valence-corrected chi connectivity index (χ3v) is 5.50. The minimum absolute atomic E-state index is 0.0448. The summed E-state index contributed by atoms with van der Waals surface area (Å²) in [4.78, 5) is 29.1. The maximum absolute atomic E-state index is 14.0. The molecule has 1 aromatic rings. The zero-order valence-corrected chi connectivity index (χ0v) is 15.6. The Labute approximate surface area is 153 Å². The summed E-state index contributed by atoms with van der Waals surface area (Å²) < 4.78 is 27.4. The first-order chi connectivity index (χ1) is 12.1. The summed E-state index contributed by atoms with van der Waals surface area (Å²) in [6.07, 6.45) is 2.18. The summed E-state index contributed by atoms with van der Waals surface area (Å²) >= 11 is 0. The lowest BCUT2D eigenvalue weighted by Crippen LogP contribution is -2.50. The van der Waals surface area contributed by atoms with Crippen LogP contribution in [0, 0.1) is 22.5 Å². The average molecular weight is 364 g/mol. The number of likely N-dealkylation sites (tertiary alicyclic amines) is 2. The van der Waals surface area contributed by atoms with Crippen molar-refractivity contribution in [2.75, 3.05) is 19.6 Å². The Morgan fingerprint density at radius 1 is 1.19 bits per heavy atom. The number of carbonyl (C=O) groups is 2. The number of hydrogen-bond acceptors (Lipinski definition) is 2. The number of rotatable bonds is 2. The molecule has 2 amide bonds. The molecule has 0 aromatic heterocycles. The molecular weight excluding hydrogens is 338 g/mol. The van der Waals surface area contributed by atoms with E-state index >= 15 is 0 Å². The number of amides is 2. The van der Waals surface area contributed by atoms with E-state index in [1.54, 1.807) is 9.80 Å². The van der Waals surface area contributed by atoms with Crippen LogP contribution in [0.4, 0.5) is 8.78 Å². The van der Waals surface area contributed by atoms with E-state index in [1.807, 2.05) is 20.8 Å². The first-order valence-corrected chi connectivity index (χ1v) is 9.16. The molecule has 0 bridgehead atoms. The fraction of sp³-hybridized carbons (Fsp3) is 0.600. The van der Waals surface area contributed by atoms with Crippen LogP contribution in [0.25, 0.3) is 0 Å². The van der Waals surface area contributed by atoms with Crippen LogP contribution in [0.2, 0.25) is 0 Å². The third kappa shape index (κ3) is 3.33. The van der Waals surface area contributed by atoms with E-state index in [4.69, 9.17) is 0 Å². The van der Waals surface area contributed by atoms with Crippen LogP contribution in [-0.4, -0.2) is 41.2 Å². The van der Waals surface area contributed by atoms with Gasteiger partial charge in [0, 0.05) is 37.2 Å². The van der Waals surface area contributed by atoms with Gasteiger partial charge < -0.3 is 9.80 Å². The van der Waals surface area contributed by atoms with Gasteiger partial charge in [0.2, 0.25) is 11.8 Å². The Morgan fingerprint density at radius 3 is 2.62 bits per heavy atom. The molecule has 0 saturated carbocycles. The highest BCUT2D eigenvalue weighted by molar-refractivity contribution is 5.87. The van der Waals surface area contributed by atoms with E-state index in [0.29, 0.717) is 26.1 Å². The molecule has 3 rings (SSSR count). The van der Waals surface area contributed by atoms with Gasteiger partial charge in [-0.05, 0) is 25.3 Å². The molecule has 1 spiro atoms. The highest BCUT2D eigenvalue weighted by Crippen LogP contribution is 2.41. The van der Waals surface area contributed by atoms with Gasteiger partial charge in [-0.25, -0.2) is 8.78 Å². The second-order valence-corrected chi connectivity index (χ2v) is 8.55. The van der Waals surface area contributed by atoms with E-state index in [2.05, 4.69) is 0 Å². The Balaban J connectivity index is 1.76. The third-order valence-electron chi connectivity index (χ3n) is 5.50. The van der Waals surface area contributed by atoms with Gasteiger partial charge >= 0.3 is 0 Å². The number of halogens is 2. The molecule has 26 heavy (non-hydrogen) atoms. The molecule has 2 aliphatic heterocycles. The second kappa shape index (κ2) is 6.63. The minimum atomic E-state index is -0.899. The van der Waals surface area contributed by atoms with Crippen LogP contribution in [-0.2, 0) is 16.1 Å². The summed E-state index contributed by atoms with van der Waals surface area (Å²) in [5.74, 6) is -1.78. The molecule has 6 heteroatoms. The smallest absolute Gasteiger partial charge is 0.230 e. The van der Waals surface area contributed by atoms with Gasteiger partial charge in [-0.2, -0.15) is 0 Å². The van der Waals surface area contributed by atoms with E-state index in [9.17, 15) is 18.4 Å². The lowest BCUT2D eigenvalue weighted by Gasteiger charge is -2.39. The van der Waals surface area contributed by atoms with E-state index in [0.717, 1.165) is 18.9 Å². The fourth-order valence-corrected chi connectivity index (χ4v) is 4.08. The van der Waals surface area contributed by atoms with Crippen molar-refractivity contribution in [1.82, 2.24) is 9.80 Å². The van der Waals surface area contributed by atoms with Gasteiger partial charge in [-0.1, -0.05) is 32.9 Å². The predicted octanol–water partition coefficient (Wildman–Crippen LogP) is 3.35. The zero-order valence-electron chi connectivity index (χ0n) is 15.6. The minimum Gasteiger partial charge on any atom is -0.341 e. The highest BCUT2D eigenvalue weighted by Gasteiger charge is 2.50. The molecule has 1 unspecified atom stereocenters. The van der Waals surface area contributed by atoms with Crippen molar-refractivity contribution < 1.29 is 18.4 Å². The molecule has 4 nitrogen and oxygen atoms in total. The van der Waals surface area contributed by atoms with Crippen LogP contribution in [0.1, 0.15) is 45.6 Å². The van der Waals surface area contributed by atoms with Crippen LogP contribution in [0.3, 0.4) is 0 Å². The Morgan fingerprint density at radius 2 is 1.92 bits per heavy atom. The molecule has 0 aliphatic carbocycles. The van der Waals surface area contributed by atoms with Gasteiger partial charge in [0.15, 0.2) is 11.6 Å². The van der Waals surface area contributed by atoms with Crippen molar-refractivity contribution in [3.8, 4) is 0 Å². The summed E-state index contributed by atoms with van der Waals surface area (Å²) in [6.45, 7) is 7.22. The Hall–Kier alpha value is -1.98. The largest absolute Gasteiger partial charge is 0.341 e. The van der Waals surface area contributed by atoms with Crippen LogP contribution < -0.4 is 0 Å². The van der Waals surface area contributed by atoms with Gasteiger partial charge in [-0.3, -0.25) is 9.59 Å². The number of piperidine rings is 1. The molecule has 2 heterocycles. The number of benzene rings is 1. The number of hydrogen-bond donors (Lipinski definition) is 0. The SMILES string of the molecule is CC(C)(C)C(=O)N1CCC2(CCCN(Cc3cccc(F)c3F)C2=O)C1. The predicted molar refractivity (Wildman–Crippen MR) is 94.1 cm³/mol. The molecule has 2 fully saturated rings. The van der Waals surface area contributed by atoms with Crippen LogP contribution in [0.15, 0.2) is 18.2 Å². The quantitative estimate of drug-likeness (QED) is 0.807. The molecule has 142 valence electrons. The standard InChI is InChI=1S/C20H26F2N2O2/c1-19(2,3)17(25)24-11-9-20(13-24)8-5-10-23(18(20)26)12-14-6-4-7-15(21)16(14)22/h4,6-7H,5,8-13H2,1-3H3. The lowest BCUT2D eigenvalue weighted by molar-refractivity contribution is -0.147. The second-order valence-electron chi connectivity index (χ2n) is 8.55. The summed E-state index contributed by atoms with van der Waals surface area (Å²) in [5.41, 5.74) is -0.868. The van der Waals surface area contributed by atoms with Crippen molar-refractivity contribution in [1.29, 1.82) is 0 Å². The fourth-order valence-electron chi connectivity index (χ4n) is 4.08. The maximum Gasteiger partial charge on any atom is 0.230 e. The van der Waals surface area contributed by atoms with Gasteiger partial charge in [0.1, 0.15) is 0 Å². The van der Waals surface area contributed by atoms with Crippen molar-refractivity contribution in [3.05, 3.63) is 35.4 Å². The van der Waals surface area contributed by atoms with Crippen LogP contribution in [0.5, 0.6) is 0 Å². The number of carbonyl (C=O) groups excluding carboxylic acids is 2. The summed E-state index contributed by atoms with van der Waals surface area (Å²) in [7, 11) is 0. The first kappa shape index (κ1) is 18.8. The van der Waals surface area contributed by atoms with Gasteiger partial charge in [-0.15, -0.1) is 0 Å². The van der Waals surface area contributed by atoms with Gasteiger partial charge in [0.05, 0.1) is 5.41 Å².